The zero-order valence-corrected chi connectivity index (χ0v) is 7.64. The van der Waals surface area contributed by atoms with Gasteiger partial charge in [-0.2, -0.15) is 0 Å². The maximum absolute atomic E-state index is 4.47. The first-order valence-corrected chi connectivity index (χ1v) is 4.76. The number of aromatic amines is 1. The summed E-state index contributed by atoms with van der Waals surface area (Å²) >= 11 is 0. The molecular weight excluding hydrogens is 176 g/mol. The van der Waals surface area contributed by atoms with Crippen LogP contribution in [0.3, 0.4) is 0 Å². The summed E-state index contributed by atoms with van der Waals surface area (Å²) in [6.45, 7) is 0. The normalized spacial score (nSPS) is 15.7. The predicted octanol–water partition coefficient (Wildman–Crippen LogP) is 1.74. The number of nitrogens with zero attached hydrogens (tertiary/aromatic N) is 3. The lowest BCUT2D eigenvalue weighted by atomic mass is 10.3. The second kappa shape index (κ2) is 2.90. The van der Waals surface area contributed by atoms with Gasteiger partial charge < -0.3 is 4.98 Å². The monoisotopic (exact) mass is 186 g/mol. The largest absolute Gasteiger partial charge is 0.343 e. The summed E-state index contributed by atoms with van der Waals surface area (Å²) in [6.07, 6.45) is 7.78. The Morgan fingerprint density at radius 3 is 2.86 bits per heavy atom. The van der Waals surface area contributed by atoms with Crippen LogP contribution in [0, 0.1) is 0 Å². The first kappa shape index (κ1) is 7.67. The number of hydrogen-bond acceptors (Lipinski definition) is 3. The number of rotatable bonds is 2. The molecule has 0 bridgehead atoms. The number of H-pyrrole nitrogens is 1. The summed E-state index contributed by atoms with van der Waals surface area (Å²) in [5.41, 5.74) is 0.881. The Morgan fingerprint density at radius 2 is 2.14 bits per heavy atom. The van der Waals surface area contributed by atoms with Gasteiger partial charge in [0.1, 0.15) is 11.5 Å². The smallest absolute Gasteiger partial charge is 0.156 e. The third-order valence-corrected chi connectivity index (χ3v) is 2.36. The average molecular weight is 186 g/mol. The second-order valence-corrected chi connectivity index (χ2v) is 3.51. The van der Waals surface area contributed by atoms with E-state index in [-0.39, 0.29) is 0 Å². The van der Waals surface area contributed by atoms with Crippen molar-refractivity contribution in [3.8, 4) is 11.5 Å². The molecule has 0 atom stereocenters. The second-order valence-electron chi connectivity index (χ2n) is 3.51. The molecule has 1 saturated carbocycles. The topological polar surface area (TPSA) is 54.5 Å². The van der Waals surface area contributed by atoms with Gasteiger partial charge in [0, 0.05) is 24.5 Å². The van der Waals surface area contributed by atoms with E-state index in [1.165, 1.54) is 12.8 Å². The zero-order chi connectivity index (χ0) is 9.38. The van der Waals surface area contributed by atoms with Crippen molar-refractivity contribution in [2.45, 2.75) is 18.8 Å². The van der Waals surface area contributed by atoms with E-state index in [9.17, 15) is 0 Å². The molecule has 70 valence electrons. The quantitative estimate of drug-likeness (QED) is 0.777. The molecule has 1 N–H and O–H groups in total. The minimum absolute atomic E-state index is 0.588. The Kier molecular flexibility index (Phi) is 1.59. The van der Waals surface area contributed by atoms with Crippen molar-refractivity contribution < 1.29 is 0 Å². The van der Waals surface area contributed by atoms with Gasteiger partial charge in [0.2, 0.25) is 0 Å². The van der Waals surface area contributed by atoms with Crippen LogP contribution < -0.4 is 0 Å². The molecule has 3 rings (SSSR count). The molecule has 4 nitrogen and oxygen atoms in total. The lowest BCUT2D eigenvalue weighted by Crippen LogP contribution is -1.94. The van der Waals surface area contributed by atoms with Gasteiger partial charge in [-0.1, -0.05) is 0 Å². The van der Waals surface area contributed by atoms with Crippen LogP contribution in [0.15, 0.2) is 24.7 Å². The molecule has 1 fully saturated rings. The van der Waals surface area contributed by atoms with Gasteiger partial charge in [-0.05, 0) is 18.9 Å². The van der Waals surface area contributed by atoms with E-state index in [2.05, 4.69) is 19.9 Å². The molecule has 1 aliphatic carbocycles. The van der Waals surface area contributed by atoms with Crippen molar-refractivity contribution in [1.82, 2.24) is 19.9 Å². The Morgan fingerprint density at radius 1 is 1.21 bits per heavy atom. The van der Waals surface area contributed by atoms with E-state index in [1.807, 2.05) is 6.07 Å². The highest BCUT2D eigenvalue weighted by atomic mass is 15.0. The highest BCUT2D eigenvalue weighted by Crippen LogP contribution is 2.38. The van der Waals surface area contributed by atoms with E-state index in [4.69, 9.17) is 0 Å². The minimum Gasteiger partial charge on any atom is -0.343 e. The molecule has 0 spiro atoms. The van der Waals surface area contributed by atoms with Gasteiger partial charge in [-0.3, -0.25) is 0 Å². The van der Waals surface area contributed by atoms with E-state index < -0.39 is 0 Å². The minimum atomic E-state index is 0.588. The van der Waals surface area contributed by atoms with Gasteiger partial charge >= 0.3 is 0 Å². The molecule has 1 aliphatic rings. The van der Waals surface area contributed by atoms with Crippen LogP contribution >= 0.6 is 0 Å². The van der Waals surface area contributed by atoms with Crippen molar-refractivity contribution >= 4 is 0 Å². The van der Waals surface area contributed by atoms with Gasteiger partial charge in [0.05, 0.1) is 0 Å². The van der Waals surface area contributed by atoms with Crippen molar-refractivity contribution in [1.29, 1.82) is 0 Å². The first-order valence-electron chi connectivity index (χ1n) is 4.76. The number of aromatic nitrogens is 4. The van der Waals surface area contributed by atoms with Gasteiger partial charge in [0.25, 0.3) is 0 Å². The van der Waals surface area contributed by atoms with E-state index in [0.717, 1.165) is 17.3 Å². The third-order valence-electron chi connectivity index (χ3n) is 2.36. The van der Waals surface area contributed by atoms with E-state index in [1.54, 1.807) is 18.6 Å². The molecule has 2 heterocycles. The van der Waals surface area contributed by atoms with Crippen molar-refractivity contribution in [3.05, 3.63) is 30.5 Å². The fraction of sp³-hybridized carbons (Fsp3) is 0.300. The fourth-order valence-electron chi connectivity index (χ4n) is 1.45. The summed E-state index contributed by atoms with van der Waals surface area (Å²) in [6, 6.07) is 1.88. The number of hydrogen-bond donors (Lipinski definition) is 1. The summed E-state index contributed by atoms with van der Waals surface area (Å²) < 4.78 is 0. The van der Waals surface area contributed by atoms with Crippen molar-refractivity contribution in [2.75, 3.05) is 0 Å². The highest BCUT2D eigenvalue weighted by Gasteiger charge is 2.26. The first-order chi connectivity index (χ1) is 6.93. The Hall–Kier alpha value is -1.71. The average Bonchev–Trinajstić information content (AvgIpc) is 2.94. The molecule has 0 unspecified atom stereocenters. The van der Waals surface area contributed by atoms with Crippen LogP contribution in [0.1, 0.15) is 24.6 Å². The molecule has 0 aromatic carbocycles. The maximum Gasteiger partial charge on any atom is 0.156 e. The Bertz CT molecular complexity index is 431. The predicted molar refractivity (Wildman–Crippen MR) is 51.6 cm³/mol. The lowest BCUT2D eigenvalue weighted by Gasteiger charge is -1.98. The molecular formula is C10H10N4. The van der Waals surface area contributed by atoms with Crippen molar-refractivity contribution in [3.63, 3.8) is 0 Å². The van der Waals surface area contributed by atoms with Gasteiger partial charge in [-0.25, -0.2) is 15.0 Å². The maximum atomic E-state index is 4.47. The summed E-state index contributed by atoms with van der Waals surface area (Å²) in [7, 11) is 0. The molecule has 0 aliphatic heterocycles. The highest BCUT2D eigenvalue weighted by molar-refractivity contribution is 5.47. The summed E-state index contributed by atoms with van der Waals surface area (Å²) in [5.74, 6) is 2.36. The fourth-order valence-corrected chi connectivity index (χ4v) is 1.45. The summed E-state index contributed by atoms with van der Waals surface area (Å²) in [4.78, 5) is 15.9. The standard InChI is InChI=1S/C10H10N4/c1-2-7(1)9-11-4-3-8(14-9)10-12-5-6-13-10/h3-7H,1-2H2,(H,12,13). The van der Waals surface area contributed by atoms with Crippen LogP contribution in [-0.2, 0) is 0 Å². The molecule has 0 saturated heterocycles. The van der Waals surface area contributed by atoms with Crippen molar-refractivity contribution in [2.24, 2.45) is 0 Å². The molecule has 14 heavy (non-hydrogen) atoms. The number of nitrogens with one attached hydrogen (secondary N) is 1. The summed E-state index contributed by atoms with van der Waals surface area (Å²) in [5, 5.41) is 0. The molecule has 4 heteroatoms. The Balaban J connectivity index is 2.02. The van der Waals surface area contributed by atoms with Gasteiger partial charge in [0.15, 0.2) is 5.82 Å². The van der Waals surface area contributed by atoms with Crippen LogP contribution in [0.5, 0.6) is 0 Å². The SMILES string of the molecule is c1cc(-c2ncc[nH]2)nc(C2CC2)n1. The molecule has 0 radical (unpaired) electrons. The van der Waals surface area contributed by atoms with Crippen LogP contribution in [0.2, 0.25) is 0 Å². The lowest BCUT2D eigenvalue weighted by molar-refractivity contribution is 0.926. The molecule has 0 amide bonds. The number of imidazole rings is 1. The zero-order valence-electron chi connectivity index (χ0n) is 7.64. The van der Waals surface area contributed by atoms with Gasteiger partial charge in [-0.15, -0.1) is 0 Å². The third kappa shape index (κ3) is 1.28. The van der Waals surface area contributed by atoms with Crippen LogP contribution in [0.4, 0.5) is 0 Å². The molecule has 2 aromatic rings. The van der Waals surface area contributed by atoms with E-state index in [0.29, 0.717) is 5.92 Å². The van der Waals surface area contributed by atoms with Crippen LogP contribution in [0.25, 0.3) is 11.5 Å². The Labute approximate surface area is 81.4 Å². The molecule has 2 aromatic heterocycles. The van der Waals surface area contributed by atoms with Crippen LogP contribution in [-0.4, -0.2) is 19.9 Å². The van der Waals surface area contributed by atoms with E-state index >= 15 is 0 Å².